The summed E-state index contributed by atoms with van der Waals surface area (Å²) in [5.41, 5.74) is 0. The first-order chi connectivity index (χ1) is 6.35. The number of rotatable bonds is 3. The Balaban J connectivity index is 5.49. The van der Waals surface area contributed by atoms with E-state index in [1.54, 1.807) is 0 Å². The minimum atomic E-state index is -6.48. The third-order valence-electron chi connectivity index (χ3n) is 1.19. The highest BCUT2D eigenvalue weighted by Crippen LogP contribution is 2.51. The Morgan fingerprint density at radius 1 is 0.800 bits per heavy atom. The van der Waals surface area contributed by atoms with Crippen LogP contribution >= 0.6 is 11.6 Å². The molecule has 0 heterocycles. The fourth-order valence-electron chi connectivity index (χ4n) is 0.435. The lowest BCUT2D eigenvalue weighted by Gasteiger charge is -2.27. The van der Waals surface area contributed by atoms with Crippen LogP contribution in [0.2, 0.25) is 0 Å². The van der Waals surface area contributed by atoms with Gasteiger partial charge in [-0.15, -0.1) is 0 Å². The Labute approximate surface area is 81.3 Å². The summed E-state index contributed by atoms with van der Waals surface area (Å²) in [6.07, 6.45) is -3.83. The van der Waals surface area contributed by atoms with Crippen molar-refractivity contribution in [3.8, 4) is 0 Å². The van der Waals surface area contributed by atoms with Crippen molar-refractivity contribution in [1.82, 2.24) is 0 Å². The standard InChI is InChI=1S/C5ClF9/c6-5(14,15)4(12,13)3(10,11)1(7)2(8)9. The van der Waals surface area contributed by atoms with Crippen LogP contribution in [-0.2, 0) is 0 Å². The average Bonchev–Trinajstić information content (AvgIpc) is 2.00. The molecule has 0 N–H and O–H groups in total. The molecule has 0 spiro atoms. The summed E-state index contributed by atoms with van der Waals surface area (Å²) in [7, 11) is 0. The number of hydrogen-bond donors (Lipinski definition) is 0. The number of alkyl halides is 7. The molecule has 0 aromatic heterocycles. The fourth-order valence-corrected chi connectivity index (χ4v) is 0.553. The maximum absolute atomic E-state index is 12.1. The molecule has 0 atom stereocenters. The first kappa shape index (κ1) is 14.4. The van der Waals surface area contributed by atoms with Gasteiger partial charge in [0.1, 0.15) is 0 Å². The number of halogens is 10. The van der Waals surface area contributed by atoms with E-state index in [2.05, 4.69) is 11.6 Å². The van der Waals surface area contributed by atoms with Crippen LogP contribution in [0.15, 0.2) is 11.9 Å². The van der Waals surface area contributed by atoms with Crippen molar-refractivity contribution >= 4 is 11.6 Å². The molecule has 0 fully saturated rings. The zero-order valence-corrected chi connectivity index (χ0v) is 7.04. The smallest absolute Gasteiger partial charge is 0.199 e. The minimum Gasteiger partial charge on any atom is -0.199 e. The van der Waals surface area contributed by atoms with Crippen molar-refractivity contribution in [2.45, 2.75) is 17.2 Å². The summed E-state index contributed by atoms with van der Waals surface area (Å²) in [6.45, 7) is 0. The maximum Gasteiger partial charge on any atom is 0.393 e. The molecule has 10 heteroatoms. The summed E-state index contributed by atoms with van der Waals surface area (Å²) in [4.78, 5) is 0. The highest BCUT2D eigenvalue weighted by Gasteiger charge is 2.74. The van der Waals surface area contributed by atoms with E-state index < -0.39 is 29.1 Å². The second kappa shape index (κ2) is 3.76. The van der Waals surface area contributed by atoms with E-state index in [0.29, 0.717) is 0 Å². The lowest BCUT2D eigenvalue weighted by molar-refractivity contribution is -0.270. The third kappa shape index (κ3) is 2.32. The first-order valence-electron chi connectivity index (χ1n) is 2.89. The molecule has 0 radical (unpaired) electrons. The molecule has 0 aliphatic heterocycles. The molecule has 0 aromatic rings. The molecule has 15 heavy (non-hydrogen) atoms. The van der Waals surface area contributed by atoms with Crippen LogP contribution in [0.25, 0.3) is 0 Å². The highest BCUT2D eigenvalue weighted by molar-refractivity contribution is 6.22. The second-order valence-corrected chi connectivity index (χ2v) is 2.70. The van der Waals surface area contributed by atoms with Gasteiger partial charge in [0.2, 0.25) is 5.83 Å². The Kier molecular flexibility index (Phi) is 3.61. The monoisotopic (exact) mass is 266 g/mol. The third-order valence-corrected chi connectivity index (χ3v) is 1.43. The van der Waals surface area contributed by atoms with Crippen molar-refractivity contribution in [2.24, 2.45) is 0 Å². The molecule has 0 amide bonds. The molecule has 0 aromatic carbocycles. The van der Waals surface area contributed by atoms with Gasteiger partial charge in [-0.25, -0.2) is 0 Å². The van der Waals surface area contributed by atoms with Crippen LogP contribution in [-0.4, -0.2) is 17.2 Å². The van der Waals surface area contributed by atoms with Gasteiger partial charge >= 0.3 is 23.3 Å². The Morgan fingerprint density at radius 3 is 1.33 bits per heavy atom. The molecule has 90 valence electrons. The quantitative estimate of drug-likeness (QED) is 0.531. The van der Waals surface area contributed by atoms with E-state index in [-0.39, 0.29) is 0 Å². The SMILES string of the molecule is FC(F)=C(F)C(F)(F)C(F)(F)C(F)(F)Cl. The Morgan fingerprint density at radius 2 is 1.13 bits per heavy atom. The molecule has 0 bridgehead atoms. The van der Waals surface area contributed by atoms with Crippen LogP contribution in [0.4, 0.5) is 39.5 Å². The summed E-state index contributed by atoms with van der Waals surface area (Å²) < 4.78 is 106. The van der Waals surface area contributed by atoms with Crippen LogP contribution in [0.3, 0.4) is 0 Å². The molecule has 0 rings (SSSR count). The predicted octanol–water partition coefficient (Wildman–Crippen LogP) is 4.17. The molecule has 0 unspecified atom stereocenters. The minimum absolute atomic E-state index is 3.56. The van der Waals surface area contributed by atoms with Crippen LogP contribution in [0.5, 0.6) is 0 Å². The van der Waals surface area contributed by atoms with Gasteiger partial charge in [-0.2, -0.15) is 39.5 Å². The summed E-state index contributed by atoms with van der Waals surface area (Å²) in [5.74, 6) is -16.8. The van der Waals surface area contributed by atoms with Gasteiger partial charge in [0.25, 0.3) is 0 Å². The Hall–Kier alpha value is -0.600. The Bertz CT molecular complexity index is 271. The van der Waals surface area contributed by atoms with Gasteiger partial charge in [0.15, 0.2) is 0 Å². The average molecular weight is 266 g/mol. The van der Waals surface area contributed by atoms with E-state index >= 15 is 0 Å². The zero-order chi connectivity index (χ0) is 12.7. The van der Waals surface area contributed by atoms with Gasteiger partial charge in [0, 0.05) is 0 Å². The summed E-state index contributed by atoms with van der Waals surface area (Å²) in [5, 5.41) is -5.87. The van der Waals surface area contributed by atoms with Gasteiger partial charge in [-0.05, 0) is 11.6 Å². The highest BCUT2D eigenvalue weighted by atomic mass is 35.5. The van der Waals surface area contributed by atoms with E-state index in [1.807, 2.05) is 0 Å². The van der Waals surface area contributed by atoms with Gasteiger partial charge in [-0.1, -0.05) is 0 Å². The predicted molar refractivity (Wildman–Crippen MR) is 31.0 cm³/mol. The lowest BCUT2D eigenvalue weighted by atomic mass is 10.1. The molecular weight excluding hydrogens is 266 g/mol. The van der Waals surface area contributed by atoms with Crippen molar-refractivity contribution in [3.63, 3.8) is 0 Å². The van der Waals surface area contributed by atoms with Gasteiger partial charge in [-0.3, -0.25) is 0 Å². The fraction of sp³-hybridized carbons (Fsp3) is 0.600. The van der Waals surface area contributed by atoms with Crippen LogP contribution < -0.4 is 0 Å². The molecule has 0 saturated carbocycles. The molecule has 0 aliphatic carbocycles. The first-order valence-corrected chi connectivity index (χ1v) is 3.27. The molecule has 0 saturated heterocycles. The van der Waals surface area contributed by atoms with Crippen molar-refractivity contribution in [1.29, 1.82) is 0 Å². The molecular formula is C5ClF9. The van der Waals surface area contributed by atoms with E-state index in [0.717, 1.165) is 0 Å². The largest absolute Gasteiger partial charge is 0.393 e. The van der Waals surface area contributed by atoms with Gasteiger partial charge in [0.05, 0.1) is 0 Å². The van der Waals surface area contributed by atoms with Gasteiger partial charge < -0.3 is 0 Å². The molecule has 0 nitrogen and oxygen atoms in total. The van der Waals surface area contributed by atoms with Crippen molar-refractivity contribution in [3.05, 3.63) is 11.9 Å². The summed E-state index contributed by atoms with van der Waals surface area (Å²) in [6, 6.07) is 0. The number of hydrogen-bond acceptors (Lipinski definition) is 0. The lowest BCUT2D eigenvalue weighted by Crippen LogP contribution is -2.51. The topological polar surface area (TPSA) is 0 Å². The normalized spacial score (nSPS) is 14.0. The van der Waals surface area contributed by atoms with E-state index in [4.69, 9.17) is 0 Å². The van der Waals surface area contributed by atoms with Crippen molar-refractivity contribution in [2.75, 3.05) is 0 Å². The van der Waals surface area contributed by atoms with Crippen LogP contribution in [0.1, 0.15) is 0 Å². The van der Waals surface area contributed by atoms with Crippen LogP contribution in [0, 0.1) is 0 Å². The van der Waals surface area contributed by atoms with E-state index in [1.165, 1.54) is 0 Å². The number of allylic oxidation sites excluding steroid dienone is 1. The zero-order valence-electron chi connectivity index (χ0n) is 6.28. The van der Waals surface area contributed by atoms with E-state index in [9.17, 15) is 39.5 Å². The second-order valence-electron chi connectivity index (χ2n) is 2.22. The molecule has 0 aliphatic rings. The maximum atomic E-state index is 12.1. The summed E-state index contributed by atoms with van der Waals surface area (Å²) >= 11 is 3.56. The van der Waals surface area contributed by atoms with Crippen molar-refractivity contribution < 1.29 is 39.5 Å².